The molecule has 190 valence electrons. The quantitative estimate of drug-likeness (QED) is 0.168. The Morgan fingerprint density at radius 2 is 1.76 bits per heavy atom. The number of aliphatic hydroxyl groups excluding tert-OH is 2. The number of imidazole rings is 1. The zero-order valence-corrected chi connectivity index (χ0v) is 19.7. The van der Waals surface area contributed by atoms with E-state index in [0.29, 0.717) is 6.26 Å². The van der Waals surface area contributed by atoms with E-state index in [4.69, 9.17) is 10.5 Å². The zero-order chi connectivity index (χ0) is 25.3. The summed E-state index contributed by atoms with van der Waals surface area (Å²) in [6.45, 7) is 0.461. The van der Waals surface area contributed by atoms with Gasteiger partial charge < -0.3 is 35.0 Å². The summed E-state index contributed by atoms with van der Waals surface area (Å²) < 4.78 is 58.5. The van der Waals surface area contributed by atoms with Gasteiger partial charge in [0.15, 0.2) is 17.7 Å². The minimum atomic E-state index is -5.65. The second-order valence-corrected chi connectivity index (χ2v) is 11.2. The van der Waals surface area contributed by atoms with Gasteiger partial charge >= 0.3 is 23.5 Å². The molecule has 0 saturated carbocycles. The van der Waals surface area contributed by atoms with E-state index in [2.05, 4.69) is 32.6 Å². The maximum Gasteiger partial charge on any atom is 0.535 e. The molecule has 0 aliphatic carbocycles. The highest BCUT2D eigenvalue weighted by atomic mass is 31.3. The van der Waals surface area contributed by atoms with Crippen LogP contribution in [0.5, 0.6) is 0 Å². The predicted octanol–water partition coefficient (Wildman–Crippen LogP) is -0.0711. The van der Waals surface area contributed by atoms with Gasteiger partial charge in [-0.2, -0.15) is 8.62 Å². The van der Waals surface area contributed by atoms with Crippen LogP contribution < -0.4 is 5.73 Å². The lowest BCUT2D eigenvalue weighted by Gasteiger charge is -2.19. The summed E-state index contributed by atoms with van der Waals surface area (Å²) in [4.78, 5) is 40.2. The Morgan fingerprint density at radius 3 is 2.44 bits per heavy atom. The molecule has 34 heavy (non-hydrogen) atoms. The van der Waals surface area contributed by atoms with Crippen LogP contribution in [0.15, 0.2) is 25.0 Å². The predicted molar refractivity (Wildman–Crippen MR) is 109 cm³/mol. The van der Waals surface area contributed by atoms with Crippen molar-refractivity contribution in [2.24, 2.45) is 0 Å². The summed E-state index contributed by atoms with van der Waals surface area (Å²) in [5.74, 6) is 0.0502. The molecule has 0 amide bonds. The molecule has 18 nitrogen and oxygen atoms in total. The molecule has 1 aliphatic heterocycles. The third-order valence-corrected chi connectivity index (χ3v) is 8.31. The first kappa shape index (κ1) is 26.8. The molecule has 2 aromatic rings. The lowest BCUT2D eigenvalue weighted by molar-refractivity contribution is -0.0503. The van der Waals surface area contributed by atoms with E-state index < -0.39 is 54.6 Å². The minimum absolute atomic E-state index is 0.0502. The molecule has 21 heteroatoms. The molecular formula is C13H20N5O13P3. The van der Waals surface area contributed by atoms with Gasteiger partial charge in [-0.25, -0.2) is 28.6 Å². The summed E-state index contributed by atoms with van der Waals surface area (Å²) in [5, 5.41) is 20.6. The van der Waals surface area contributed by atoms with Gasteiger partial charge in [0.25, 0.3) is 0 Å². The van der Waals surface area contributed by atoms with E-state index in [-0.39, 0.29) is 17.0 Å². The van der Waals surface area contributed by atoms with Crippen LogP contribution in [0.3, 0.4) is 0 Å². The number of nitrogens with zero attached hydrogens (tertiary/aromatic N) is 4. The van der Waals surface area contributed by atoms with Gasteiger partial charge in [0.1, 0.15) is 30.2 Å². The monoisotopic (exact) mass is 547 g/mol. The fourth-order valence-electron chi connectivity index (χ4n) is 2.78. The highest BCUT2D eigenvalue weighted by Gasteiger charge is 2.47. The third kappa shape index (κ3) is 6.26. The van der Waals surface area contributed by atoms with Crippen LogP contribution in [0.25, 0.3) is 11.2 Å². The van der Waals surface area contributed by atoms with Crippen molar-refractivity contribution in [3.63, 3.8) is 0 Å². The second kappa shape index (κ2) is 10.1. The molecule has 0 spiro atoms. The third-order valence-electron chi connectivity index (χ3n) is 4.14. The number of aromatic nitrogens is 4. The molecule has 0 radical (unpaired) electrons. The Kier molecular flexibility index (Phi) is 7.94. The van der Waals surface area contributed by atoms with E-state index >= 15 is 0 Å². The summed E-state index contributed by atoms with van der Waals surface area (Å²) >= 11 is 0. The standard InChI is InChI=1S/C13H20N5O13P3/c1-2-3-27-32(21,22)30-34(25,26)31-33(23,24)28-4-7-9(19)10(20)13(29-7)18-6-17-8-11(14)15-5-16-12(8)18/h2-3,5-7,9-10,13,19-20H,4H2,1H3,(H,21,22)(H,23,24)(H,25,26)(H2,14,15,16)/t7-,9-,10-,13-/m1/s1. The van der Waals surface area contributed by atoms with Crippen LogP contribution in [0.2, 0.25) is 0 Å². The van der Waals surface area contributed by atoms with E-state index in [1.54, 1.807) is 0 Å². The summed E-state index contributed by atoms with van der Waals surface area (Å²) in [6, 6.07) is 0. The molecule has 1 aliphatic rings. The van der Waals surface area contributed by atoms with Crippen LogP contribution in [0.1, 0.15) is 13.2 Å². The van der Waals surface area contributed by atoms with Crippen molar-refractivity contribution in [2.75, 3.05) is 12.3 Å². The SMILES string of the molecule is CC=COP(=O)(O)OP(=O)(O)OP(=O)(O)OC[C@H]1O[C@@H](n2cnc3c(N)ncnc32)[C@H](O)[C@@H]1O. The Bertz CT molecular complexity index is 1210. The van der Waals surface area contributed by atoms with E-state index in [1.165, 1.54) is 17.8 Å². The van der Waals surface area contributed by atoms with E-state index in [0.717, 1.165) is 12.4 Å². The first-order valence-electron chi connectivity index (χ1n) is 9.05. The lowest BCUT2D eigenvalue weighted by Crippen LogP contribution is -2.33. The number of allylic oxidation sites excluding steroid dienone is 1. The maximum atomic E-state index is 12.0. The Morgan fingerprint density at radius 1 is 1.09 bits per heavy atom. The molecule has 7 atom stereocenters. The molecule has 3 heterocycles. The Labute approximate surface area is 190 Å². The number of hydrogen-bond acceptors (Lipinski definition) is 14. The molecule has 0 bridgehead atoms. The summed E-state index contributed by atoms with van der Waals surface area (Å²) in [6.07, 6.45) is -1.80. The average molecular weight is 547 g/mol. The Balaban J connectivity index is 1.65. The van der Waals surface area contributed by atoms with E-state index in [1.807, 2.05) is 0 Å². The normalized spacial score (nSPS) is 28.5. The van der Waals surface area contributed by atoms with Crippen LogP contribution in [-0.2, 0) is 36.1 Å². The highest BCUT2D eigenvalue weighted by Crippen LogP contribution is 2.67. The molecule has 7 N–H and O–H groups in total. The van der Waals surface area contributed by atoms with Crippen molar-refractivity contribution in [3.05, 3.63) is 25.0 Å². The van der Waals surface area contributed by atoms with Crippen LogP contribution >= 0.6 is 23.5 Å². The molecule has 0 aromatic carbocycles. The van der Waals surface area contributed by atoms with Crippen LogP contribution in [0, 0.1) is 0 Å². The van der Waals surface area contributed by atoms with Crippen molar-refractivity contribution in [2.45, 2.75) is 31.5 Å². The minimum Gasteiger partial charge on any atom is -0.412 e. The first-order valence-corrected chi connectivity index (χ1v) is 13.5. The number of hydrogen-bond donors (Lipinski definition) is 6. The highest BCUT2D eigenvalue weighted by molar-refractivity contribution is 7.66. The Hall–Kier alpha value is -1.78. The number of phosphoric ester groups is 2. The number of fused-ring (bicyclic) bond motifs is 1. The van der Waals surface area contributed by atoms with Gasteiger partial charge in [-0.3, -0.25) is 14.0 Å². The summed E-state index contributed by atoms with van der Waals surface area (Å²) in [7, 11) is -16.2. The summed E-state index contributed by atoms with van der Waals surface area (Å²) in [5.41, 5.74) is 6.05. The van der Waals surface area contributed by atoms with Crippen molar-refractivity contribution in [3.8, 4) is 0 Å². The van der Waals surface area contributed by atoms with Crippen LogP contribution in [0.4, 0.5) is 5.82 Å². The molecule has 3 unspecified atom stereocenters. The molecule has 2 aromatic heterocycles. The van der Waals surface area contributed by atoms with Gasteiger partial charge in [0.2, 0.25) is 0 Å². The number of ether oxygens (including phenoxy) is 1. The van der Waals surface area contributed by atoms with Crippen LogP contribution in [-0.4, -0.2) is 69.3 Å². The van der Waals surface area contributed by atoms with Gasteiger partial charge in [-0.1, -0.05) is 6.08 Å². The molecule has 1 saturated heterocycles. The smallest absolute Gasteiger partial charge is 0.412 e. The number of phosphoric acid groups is 3. The molecule has 1 fully saturated rings. The second-order valence-electron chi connectivity index (χ2n) is 6.57. The van der Waals surface area contributed by atoms with Crippen molar-refractivity contribution in [1.29, 1.82) is 0 Å². The first-order chi connectivity index (χ1) is 15.8. The molecular weight excluding hydrogens is 527 g/mol. The van der Waals surface area contributed by atoms with E-state index in [9.17, 15) is 38.6 Å². The molecule has 3 rings (SSSR count). The van der Waals surface area contributed by atoms with Crippen molar-refractivity contribution in [1.82, 2.24) is 19.5 Å². The van der Waals surface area contributed by atoms with Gasteiger partial charge in [-0.15, -0.1) is 0 Å². The topological polar surface area (TPSA) is 268 Å². The zero-order valence-electron chi connectivity index (χ0n) is 17.0. The number of rotatable bonds is 10. The maximum absolute atomic E-state index is 12.0. The fraction of sp³-hybridized carbons (Fsp3) is 0.462. The number of anilines is 1. The number of aliphatic hydroxyl groups is 2. The van der Waals surface area contributed by atoms with Crippen molar-refractivity contribution < 1.29 is 61.0 Å². The average Bonchev–Trinajstić information content (AvgIpc) is 3.26. The van der Waals surface area contributed by atoms with Gasteiger partial charge in [0, 0.05) is 0 Å². The largest absolute Gasteiger partial charge is 0.535 e. The van der Waals surface area contributed by atoms with Crippen molar-refractivity contribution >= 4 is 40.4 Å². The van der Waals surface area contributed by atoms with Gasteiger partial charge in [0.05, 0.1) is 19.2 Å². The lowest BCUT2D eigenvalue weighted by atomic mass is 10.1. The number of nitrogens with two attached hydrogens (primary N) is 1. The van der Waals surface area contributed by atoms with Gasteiger partial charge in [-0.05, 0) is 6.92 Å². The fourth-order valence-corrected chi connectivity index (χ4v) is 6.20. The number of nitrogen functional groups attached to an aromatic ring is 1.